The standard InChI is InChI=1S/C14H20BrFN2O/c1-9(2)17-6-4-5-14(19)18-13-8-11(15)12(16)7-10(13)3/h7-9,17H,4-6H2,1-3H3,(H,18,19). The van der Waals surface area contributed by atoms with Crippen LogP contribution < -0.4 is 10.6 Å². The van der Waals surface area contributed by atoms with Crippen molar-refractivity contribution in [3.8, 4) is 0 Å². The van der Waals surface area contributed by atoms with Gasteiger partial charge < -0.3 is 10.6 Å². The lowest BCUT2D eigenvalue weighted by Crippen LogP contribution is -2.24. The highest BCUT2D eigenvalue weighted by Gasteiger charge is 2.08. The summed E-state index contributed by atoms with van der Waals surface area (Å²) in [5.41, 5.74) is 1.37. The van der Waals surface area contributed by atoms with Crippen LogP contribution in [0.15, 0.2) is 16.6 Å². The van der Waals surface area contributed by atoms with Gasteiger partial charge >= 0.3 is 0 Å². The number of halogens is 2. The number of hydrogen-bond donors (Lipinski definition) is 2. The number of nitrogens with one attached hydrogen (secondary N) is 2. The van der Waals surface area contributed by atoms with Gasteiger partial charge in [0.1, 0.15) is 5.82 Å². The fraction of sp³-hybridized carbons (Fsp3) is 0.500. The molecule has 106 valence electrons. The number of benzene rings is 1. The van der Waals surface area contributed by atoms with Crippen molar-refractivity contribution in [2.45, 2.75) is 39.7 Å². The van der Waals surface area contributed by atoms with Gasteiger partial charge in [0.05, 0.1) is 4.47 Å². The number of aryl methyl sites for hydroxylation is 1. The van der Waals surface area contributed by atoms with Crippen molar-refractivity contribution in [1.29, 1.82) is 0 Å². The second-order valence-corrected chi connectivity index (χ2v) is 5.70. The molecular formula is C14H20BrFN2O. The molecule has 1 rings (SSSR count). The number of hydrogen-bond acceptors (Lipinski definition) is 2. The Morgan fingerprint density at radius 2 is 2.11 bits per heavy atom. The van der Waals surface area contributed by atoms with Crippen molar-refractivity contribution in [3.05, 3.63) is 28.0 Å². The minimum Gasteiger partial charge on any atom is -0.326 e. The van der Waals surface area contributed by atoms with E-state index in [1.807, 2.05) is 0 Å². The smallest absolute Gasteiger partial charge is 0.224 e. The highest BCUT2D eigenvalue weighted by Crippen LogP contribution is 2.24. The molecule has 0 spiro atoms. The van der Waals surface area contributed by atoms with E-state index in [4.69, 9.17) is 0 Å². The third kappa shape index (κ3) is 5.70. The van der Waals surface area contributed by atoms with Gasteiger partial charge in [-0.3, -0.25) is 4.79 Å². The van der Waals surface area contributed by atoms with Crippen LogP contribution in [0.5, 0.6) is 0 Å². The summed E-state index contributed by atoms with van der Waals surface area (Å²) in [6.45, 7) is 6.72. The van der Waals surface area contributed by atoms with Gasteiger partial charge in [0.25, 0.3) is 0 Å². The first-order chi connectivity index (χ1) is 8.90. The molecule has 1 aromatic rings. The van der Waals surface area contributed by atoms with E-state index in [-0.39, 0.29) is 11.7 Å². The Morgan fingerprint density at radius 3 is 2.74 bits per heavy atom. The fourth-order valence-corrected chi connectivity index (χ4v) is 1.98. The summed E-state index contributed by atoms with van der Waals surface area (Å²) in [6, 6.07) is 3.42. The van der Waals surface area contributed by atoms with E-state index in [9.17, 15) is 9.18 Å². The Hall–Kier alpha value is -0.940. The SMILES string of the molecule is Cc1cc(F)c(Br)cc1NC(=O)CCCNC(C)C. The van der Waals surface area contributed by atoms with Crippen molar-refractivity contribution >= 4 is 27.5 Å². The third-order valence-corrected chi connectivity index (χ3v) is 3.28. The highest BCUT2D eigenvalue weighted by atomic mass is 79.9. The van der Waals surface area contributed by atoms with Gasteiger partial charge in [-0.2, -0.15) is 0 Å². The molecule has 0 atom stereocenters. The minimum atomic E-state index is -0.323. The average molecular weight is 331 g/mol. The molecule has 0 saturated carbocycles. The van der Waals surface area contributed by atoms with E-state index in [2.05, 4.69) is 40.4 Å². The summed E-state index contributed by atoms with van der Waals surface area (Å²) in [7, 11) is 0. The van der Waals surface area contributed by atoms with Crippen LogP contribution in [-0.4, -0.2) is 18.5 Å². The summed E-state index contributed by atoms with van der Waals surface area (Å²) in [5, 5.41) is 6.06. The van der Waals surface area contributed by atoms with Gasteiger partial charge in [-0.25, -0.2) is 4.39 Å². The van der Waals surface area contributed by atoms with Crippen molar-refractivity contribution in [3.63, 3.8) is 0 Å². The minimum absolute atomic E-state index is 0.0489. The van der Waals surface area contributed by atoms with E-state index in [1.54, 1.807) is 13.0 Å². The van der Waals surface area contributed by atoms with Crippen molar-refractivity contribution < 1.29 is 9.18 Å². The van der Waals surface area contributed by atoms with Crippen molar-refractivity contribution in [2.75, 3.05) is 11.9 Å². The molecule has 0 aromatic heterocycles. The molecule has 0 bridgehead atoms. The maximum atomic E-state index is 13.3. The number of rotatable bonds is 6. The van der Waals surface area contributed by atoms with Gasteiger partial charge in [0.15, 0.2) is 0 Å². The van der Waals surface area contributed by atoms with Crippen molar-refractivity contribution in [1.82, 2.24) is 5.32 Å². The topological polar surface area (TPSA) is 41.1 Å². The average Bonchev–Trinajstić information content (AvgIpc) is 2.31. The molecule has 0 unspecified atom stereocenters. The quantitative estimate of drug-likeness (QED) is 0.782. The molecule has 0 aliphatic carbocycles. The molecule has 0 aliphatic heterocycles. The summed E-state index contributed by atoms with van der Waals surface area (Å²) in [4.78, 5) is 11.8. The summed E-state index contributed by atoms with van der Waals surface area (Å²) < 4.78 is 13.6. The molecule has 0 heterocycles. The second-order valence-electron chi connectivity index (χ2n) is 4.84. The molecule has 2 N–H and O–H groups in total. The lowest BCUT2D eigenvalue weighted by Gasteiger charge is -2.10. The second kappa shape index (κ2) is 7.60. The van der Waals surface area contributed by atoms with Crippen LogP contribution in [0.1, 0.15) is 32.3 Å². The van der Waals surface area contributed by atoms with Gasteiger partial charge in [0.2, 0.25) is 5.91 Å². The lowest BCUT2D eigenvalue weighted by molar-refractivity contribution is -0.116. The van der Waals surface area contributed by atoms with Crippen LogP contribution >= 0.6 is 15.9 Å². The maximum absolute atomic E-state index is 13.3. The predicted molar refractivity (Wildman–Crippen MR) is 79.8 cm³/mol. The largest absolute Gasteiger partial charge is 0.326 e. The Morgan fingerprint density at radius 1 is 1.42 bits per heavy atom. The van der Waals surface area contributed by atoms with E-state index in [1.165, 1.54) is 6.07 Å². The summed E-state index contributed by atoms with van der Waals surface area (Å²) >= 11 is 3.11. The number of carbonyl (C=O) groups excluding carboxylic acids is 1. The third-order valence-electron chi connectivity index (χ3n) is 2.67. The van der Waals surface area contributed by atoms with Crippen LogP contribution in [0.25, 0.3) is 0 Å². The molecule has 19 heavy (non-hydrogen) atoms. The fourth-order valence-electron chi connectivity index (χ4n) is 1.63. The van der Waals surface area contributed by atoms with Gasteiger partial charge in [0, 0.05) is 18.2 Å². The molecule has 0 fully saturated rings. The zero-order chi connectivity index (χ0) is 14.4. The molecule has 0 radical (unpaired) electrons. The first kappa shape index (κ1) is 16.1. The number of amides is 1. The van der Waals surface area contributed by atoms with Crippen LogP contribution in [0.3, 0.4) is 0 Å². The molecular weight excluding hydrogens is 311 g/mol. The lowest BCUT2D eigenvalue weighted by atomic mass is 10.2. The Balaban J connectivity index is 2.46. The van der Waals surface area contributed by atoms with E-state index >= 15 is 0 Å². The van der Waals surface area contributed by atoms with E-state index in [0.29, 0.717) is 28.2 Å². The zero-order valence-electron chi connectivity index (χ0n) is 11.5. The highest BCUT2D eigenvalue weighted by molar-refractivity contribution is 9.10. The molecule has 0 saturated heterocycles. The summed E-state index contributed by atoms with van der Waals surface area (Å²) in [6.07, 6.45) is 1.24. The van der Waals surface area contributed by atoms with E-state index < -0.39 is 0 Å². The summed E-state index contributed by atoms with van der Waals surface area (Å²) in [5.74, 6) is -0.371. The first-order valence-corrected chi connectivity index (χ1v) is 7.18. The Bertz CT molecular complexity index is 449. The monoisotopic (exact) mass is 330 g/mol. The van der Waals surface area contributed by atoms with Gasteiger partial charge in [-0.05, 0) is 53.5 Å². The molecule has 0 aliphatic rings. The normalized spacial score (nSPS) is 10.8. The van der Waals surface area contributed by atoms with Crippen LogP contribution in [0, 0.1) is 12.7 Å². The van der Waals surface area contributed by atoms with Crippen LogP contribution in [0.4, 0.5) is 10.1 Å². The van der Waals surface area contributed by atoms with Crippen molar-refractivity contribution in [2.24, 2.45) is 0 Å². The zero-order valence-corrected chi connectivity index (χ0v) is 13.1. The molecule has 3 nitrogen and oxygen atoms in total. The maximum Gasteiger partial charge on any atom is 0.224 e. The Labute approximate surface area is 122 Å². The molecule has 1 amide bonds. The number of carbonyl (C=O) groups is 1. The van der Waals surface area contributed by atoms with Crippen LogP contribution in [0.2, 0.25) is 0 Å². The predicted octanol–water partition coefficient (Wildman–Crippen LogP) is 3.61. The molecule has 1 aromatic carbocycles. The van der Waals surface area contributed by atoms with E-state index in [0.717, 1.165) is 13.0 Å². The van der Waals surface area contributed by atoms with Crippen LogP contribution in [-0.2, 0) is 4.79 Å². The Kier molecular flexibility index (Phi) is 6.45. The number of anilines is 1. The van der Waals surface area contributed by atoms with Gasteiger partial charge in [-0.1, -0.05) is 13.8 Å². The molecule has 5 heteroatoms. The van der Waals surface area contributed by atoms with Gasteiger partial charge in [-0.15, -0.1) is 0 Å². The first-order valence-electron chi connectivity index (χ1n) is 6.39.